The van der Waals surface area contributed by atoms with Crippen LogP contribution in [0.2, 0.25) is 0 Å². The smallest absolute Gasteiger partial charge is 0.211 e. The molecule has 0 radical (unpaired) electrons. The van der Waals surface area contributed by atoms with E-state index < -0.39 is 11.5 Å². The van der Waals surface area contributed by atoms with Crippen LogP contribution < -0.4 is 0 Å². The van der Waals surface area contributed by atoms with Crippen molar-refractivity contribution in [2.75, 3.05) is 0 Å². The highest BCUT2D eigenvalue weighted by atomic mass is 19.3. The van der Waals surface area contributed by atoms with Gasteiger partial charge in [-0.2, -0.15) is 4.99 Å². The largest absolute Gasteiger partial charge is 0.270 e. The molecule has 10 heavy (non-hydrogen) atoms. The molecule has 0 aliphatic carbocycles. The van der Waals surface area contributed by atoms with E-state index in [1.54, 1.807) is 0 Å². The van der Waals surface area contributed by atoms with Crippen LogP contribution in [0, 0.1) is 0 Å². The van der Waals surface area contributed by atoms with Crippen molar-refractivity contribution in [1.82, 2.24) is 0 Å². The minimum absolute atomic E-state index is 0.716. The molecule has 0 rings (SSSR count). The molecule has 0 aromatic rings. The van der Waals surface area contributed by atoms with Gasteiger partial charge in [-0.15, -0.1) is 0 Å². The zero-order valence-electron chi connectivity index (χ0n) is 6.11. The molecule has 0 saturated heterocycles. The molecule has 0 aliphatic rings. The first-order chi connectivity index (χ1) is 4.31. The van der Waals surface area contributed by atoms with Crippen LogP contribution in [0.15, 0.2) is 4.99 Å². The normalized spacial score (nSPS) is 12.5. The Morgan fingerprint density at radius 1 is 1.30 bits per heavy atom. The van der Waals surface area contributed by atoms with Crippen LogP contribution in [0.5, 0.6) is 0 Å². The lowest BCUT2D eigenvalue weighted by Gasteiger charge is -2.24. The fourth-order valence-electron chi connectivity index (χ4n) is 0.212. The van der Waals surface area contributed by atoms with Crippen molar-refractivity contribution in [1.29, 1.82) is 0 Å². The maximum atomic E-state index is 12.4. The zero-order valence-corrected chi connectivity index (χ0v) is 6.11. The SMILES string of the molecule is CC(F)(F)C(C)(C)N=C=O. The number of halogens is 2. The summed E-state index contributed by atoms with van der Waals surface area (Å²) < 4.78 is 24.8. The lowest BCUT2D eigenvalue weighted by Crippen LogP contribution is -2.38. The van der Waals surface area contributed by atoms with Crippen LogP contribution in [0.3, 0.4) is 0 Å². The average Bonchev–Trinajstić information content (AvgIpc) is 1.61. The van der Waals surface area contributed by atoms with E-state index in [1.807, 2.05) is 0 Å². The van der Waals surface area contributed by atoms with Crippen molar-refractivity contribution < 1.29 is 13.6 Å². The van der Waals surface area contributed by atoms with Gasteiger partial charge in [-0.05, 0) is 13.8 Å². The molecular weight excluding hydrogens is 140 g/mol. The van der Waals surface area contributed by atoms with Crippen molar-refractivity contribution in [3.8, 4) is 0 Å². The minimum Gasteiger partial charge on any atom is -0.211 e. The number of hydrogen-bond acceptors (Lipinski definition) is 2. The predicted molar refractivity (Wildman–Crippen MR) is 32.8 cm³/mol. The van der Waals surface area contributed by atoms with Gasteiger partial charge >= 0.3 is 0 Å². The lowest BCUT2D eigenvalue weighted by molar-refractivity contribution is -0.0404. The van der Waals surface area contributed by atoms with Crippen LogP contribution in [-0.2, 0) is 4.79 Å². The third-order valence-electron chi connectivity index (χ3n) is 1.40. The highest BCUT2D eigenvalue weighted by molar-refractivity contribution is 5.35. The number of hydrogen-bond donors (Lipinski definition) is 0. The molecule has 0 aromatic heterocycles. The molecular formula is C6H9F2NO. The summed E-state index contributed by atoms with van der Waals surface area (Å²) >= 11 is 0. The van der Waals surface area contributed by atoms with E-state index in [-0.39, 0.29) is 0 Å². The molecule has 2 nitrogen and oxygen atoms in total. The molecule has 0 atom stereocenters. The first-order valence-electron chi connectivity index (χ1n) is 2.78. The number of nitrogens with zero attached hydrogens (tertiary/aromatic N) is 1. The van der Waals surface area contributed by atoms with E-state index in [4.69, 9.17) is 0 Å². The summed E-state index contributed by atoms with van der Waals surface area (Å²) in [5.74, 6) is -2.98. The molecule has 0 aromatic carbocycles. The van der Waals surface area contributed by atoms with Crippen molar-refractivity contribution in [3.63, 3.8) is 0 Å². The Morgan fingerprint density at radius 2 is 1.70 bits per heavy atom. The highest BCUT2D eigenvalue weighted by Gasteiger charge is 2.42. The summed E-state index contributed by atoms with van der Waals surface area (Å²) in [6, 6.07) is 0. The fraction of sp³-hybridized carbons (Fsp3) is 0.833. The van der Waals surface area contributed by atoms with Crippen LogP contribution in [0.4, 0.5) is 8.78 Å². The maximum Gasteiger partial charge on any atom is 0.270 e. The minimum atomic E-state index is -2.98. The summed E-state index contributed by atoms with van der Waals surface area (Å²) in [5, 5.41) is 0. The molecule has 0 bridgehead atoms. The molecule has 0 fully saturated rings. The molecule has 0 heterocycles. The second kappa shape index (κ2) is 2.46. The third-order valence-corrected chi connectivity index (χ3v) is 1.40. The van der Waals surface area contributed by atoms with Crippen LogP contribution in [0.1, 0.15) is 20.8 Å². The monoisotopic (exact) mass is 149 g/mol. The maximum absolute atomic E-state index is 12.4. The molecule has 0 unspecified atom stereocenters. The Hall–Kier alpha value is -0.760. The van der Waals surface area contributed by atoms with Crippen LogP contribution >= 0.6 is 0 Å². The first-order valence-corrected chi connectivity index (χ1v) is 2.78. The number of alkyl halides is 2. The van der Waals surface area contributed by atoms with Gasteiger partial charge in [-0.1, -0.05) is 0 Å². The highest BCUT2D eigenvalue weighted by Crippen LogP contribution is 2.30. The zero-order chi connectivity index (χ0) is 8.41. The van der Waals surface area contributed by atoms with Gasteiger partial charge in [0.25, 0.3) is 5.92 Å². The van der Waals surface area contributed by atoms with E-state index in [2.05, 4.69) is 4.99 Å². The summed E-state index contributed by atoms with van der Waals surface area (Å²) in [4.78, 5) is 12.6. The van der Waals surface area contributed by atoms with Crippen molar-refractivity contribution in [2.24, 2.45) is 4.99 Å². The Labute approximate surface area is 58.0 Å². The number of isocyanates is 1. The van der Waals surface area contributed by atoms with Crippen LogP contribution in [-0.4, -0.2) is 17.5 Å². The summed E-state index contributed by atoms with van der Waals surface area (Å²) in [6.45, 7) is 3.07. The third kappa shape index (κ3) is 1.88. The second-order valence-electron chi connectivity index (χ2n) is 2.65. The molecule has 0 spiro atoms. The number of rotatable bonds is 2. The standard InChI is InChI=1S/C6H9F2NO/c1-5(2,9-4-10)6(3,7)8/h1-3H3. The summed E-state index contributed by atoms with van der Waals surface area (Å²) in [6.07, 6.45) is 1.11. The van der Waals surface area contributed by atoms with Crippen molar-refractivity contribution >= 4 is 6.08 Å². The van der Waals surface area contributed by atoms with Gasteiger partial charge in [0.2, 0.25) is 6.08 Å². The van der Waals surface area contributed by atoms with Crippen molar-refractivity contribution in [2.45, 2.75) is 32.2 Å². The number of aliphatic imine (C=N–C) groups is 1. The summed E-state index contributed by atoms with van der Waals surface area (Å²) in [5.41, 5.74) is -1.64. The topological polar surface area (TPSA) is 29.4 Å². The molecule has 0 aliphatic heterocycles. The van der Waals surface area contributed by atoms with Gasteiger partial charge in [0, 0.05) is 6.92 Å². The first kappa shape index (κ1) is 9.24. The van der Waals surface area contributed by atoms with Gasteiger partial charge in [0.15, 0.2) is 0 Å². The molecule has 0 N–H and O–H groups in total. The quantitative estimate of drug-likeness (QED) is 0.434. The summed E-state index contributed by atoms with van der Waals surface area (Å²) in [7, 11) is 0. The van der Waals surface area contributed by atoms with Crippen LogP contribution in [0.25, 0.3) is 0 Å². The van der Waals surface area contributed by atoms with Gasteiger partial charge in [-0.25, -0.2) is 13.6 Å². The molecule has 0 saturated carbocycles. The number of carbonyl (C=O) groups excluding carboxylic acids is 1. The second-order valence-corrected chi connectivity index (χ2v) is 2.65. The lowest BCUT2D eigenvalue weighted by atomic mass is 9.99. The van der Waals surface area contributed by atoms with Crippen molar-refractivity contribution in [3.05, 3.63) is 0 Å². The van der Waals surface area contributed by atoms with Gasteiger partial charge in [0.05, 0.1) is 0 Å². The van der Waals surface area contributed by atoms with E-state index >= 15 is 0 Å². The average molecular weight is 149 g/mol. The molecule has 4 heteroatoms. The Bertz CT molecular complexity index is 165. The van der Waals surface area contributed by atoms with E-state index in [0.29, 0.717) is 6.92 Å². The van der Waals surface area contributed by atoms with Gasteiger partial charge in [-0.3, -0.25) is 0 Å². The Morgan fingerprint density at radius 3 is 1.80 bits per heavy atom. The molecule has 58 valence electrons. The van der Waals surface area contributed by atoms with E-state index in [0.717, 1.165) is 6.08 Å². The predicted octanol–water partition coefficient (Wildman–Crippen LogP) is 1.76. The Balaban J connectivity index is 4.56. The Kier molecular flexibility index (Phi) is 2.28. The van der Waals surface area contributed by atoms with E-state index in [9.17, 15) is 13.6 Å². The van der Waals surface area contributed by atoms with Gasteiger partial charge in [0.1, 0.15) is 5.54 Å². The molecule has 0 amide bonds. The van der Waals surface area contributed by atoms with E-state index in [1.165, 1.54) is 13.8 Å². The fourth-order valence-corrected chi connectivity index (χ4v) is 0.212. The van der Waals surface area contributed by atoms with Gasteiger partial charge < -0.3 is 0 Å².